The molecule has 0 aliphatic heterocycles. The van der Waals surface area contributed by atoms with Gasteiger partial charge in [0.2, 0.25) is 0 Å². The van der Waals surface area contributed by atoms with Crippen molar-refractivity contribution in [3.63, 3.8) is 0 Å². The summed E-state index contributed by atoms with van der Waals surface area (Å²) in [6, 6.07) is 2.59. The fourth-order valence-corrected chi connectivity index (χ4v) is 2.10. The van der Waals surface area contributed by atoms with E-state index in [0.29, 0.717) is 0 Å². The summed E-state index contributed by atoms with van der Waals surface area (Å²) in [5.74, 6) is -0.957. The van der Waals surface area contributed by atoms with Crippen molar-refractivity contribution in [3.8, 4) is 0 Å². The molecule has 0 fully saturated rings. The second-order valence-electron chi connectivity index (χ2n) is 2.60. The zero-order chi connectivity index (χ0) is 10.9. The molecule has 78 valence electrons. The topological polar surface area (TPSA) is 74.3 Å². The van der Waals surface area contributed by atoms with Gasteiger partial charge in [0.25, 0.3) is 0 Å². The molecular weight excluding hydrogens is 254 g/mol. The van der Waals surface area contributed by atoms with Crippen LogP contribution >= 0.6 is 0 Å². The Hall–Kier alpha value is 0.210. The van der Waals surface area contributed by atoms with E-state index in [2.05, 4.69) is 0 Å². The summed E-state index contributed by atoms with van der Waals surface area (Å²) in [5.41, 5.74) is 0. The molecule has 0 saturated carbocycles. The minimum atomic E-state index is -3.74. The van der Waals surface area contributed by atoms with Crippen molar-refractivity contribution in [2.24, 2.45) is 0 Å². The molecule has 8 heteroatoms. The molecule has 0 heterocycles. The van der Waals surface area contributed by atoms with E-state index in [9.17, 15) is 21.6 Å². The zero-order valence-electron chi connectivity index (χ0n) is 8.06. The second-order valence-corrected chi connectivity index (χ2v) is 5.52. The predicted molar refractivity (Wildman–Crippen MR) is 46.7 cm³/mol. The number of rotatable bonds is 2. The molecule has 1 aromatic carbocycles. The minimum absolute atomic E-state index is 0. The molecule has 0 aromatic heterocycles. The van der Waals surface area contributed by atoms with Gasteiger partial charge in [-0.15, -0.1) is 0 Å². The van der Waals surface area contributed by atoms with Gasteiger partial charge in [0.1, 0.15) is 10.7 Å². The number of halogens is 1. The molecule has 0 aliphatic carbocycles. The molecule has 0 N–H and O–H groups in total. The number of hydrogen-bond acceptors (Lipinski definition) is 4. The summed E-state index contributed by atoms with van der Waals surface area (Å²) in [5, 5.41) is 0. The summed E-state index contributed by atoms with van der Waals surface area (Å²) >= 11 is -2.56. The Morgan fingerprint density at radius 1 is 1.40 bits per heavy atom. The SMILES string of the molecule is CS(=O)(=O)c1cc(S(=O)[O-])ccc1F.[Na+]. The van der Waals surface area contributed by atoms with E-state index in [4.69, 9.17) is 0 Å². The molecule has 0 saturated heterocycles. The maximum absolute atomic E-state index is 12.9. The van der Waals surface area contributed by atoms with Crippen molar-refractivity contribution < 1.29 is 51.1 Å². The van der Waals surface area contributed by atoms with Crippen LogP contribution in [0, 0.1) is 5.82 Å². The first kappa shape index (κ1) is 15.2. The Bertz CT molecular complexity index is 486. The zero-order valence-corrected chi connectivity index (χ0v) is 11.7. The van der Waals surface area contributed by atoms with E-state index >= 15 is 0 Å². The molecular formula is C7H6FNaO4S2. The monoisotopic (exact) mass is 260 g/mol. The fourth-order valence-electron chi connectivity index (χ4n) is 0.872. The first-order valence-electron chi connectivity index (χ1n) is 3.41. The third-order valence-corrected chi connectivity index (χ3v) is 3.25. The second kappa shape index (κ2) is 5.51. The van der Waals surface area contributed by atoms with Gasteiger partial charge in [0, 0.05) is 11.2 Å². The van der Waals surface area contributed by atoms with Gasteiger partial charge in [-0.1, -0.05) is 0 Å². The van der Waals surface area contributed by atoms with Gasteiger partial charge in [0.15, 0.2) is 9.84 Å². The number of sulfone groups is 1. The molecule has 0 bridgehead atoms. The molecule has 1 aromatic rings. The first-order valence-corrected chi connectivity index (χ1v) is 6.38. The normalized spacial score (nSPS) is 13.0. The van der Waals surface area contributed by atoms with Crippen LogP contribution in [0.4, 0.5) is 4.39 Å². The summed E-state index contributed by atoms with van der Waals surface area (Å²) in [6.45, 7) is 0. The van der Waals surface area contributed by atoms with Crippen LogP contribution in [0.1, 0.15) is 0 Å². The van der Waals surface area contributed by atoms with Crippen LogP contribution in [0.25, 0.3) is 0 Å². The van der Waals surface area contributed by atoms with Crippen molar-refractivity contribution >= 4 is 20.9 Å². The molecule has 0 amide bonds. The van der Waals surface area contributed by atoms with Crippen molar-refractivity contribution in [1.82, 2.24) is 0 Å². The van der Waals surface area contributed by atoms with Gasteiger partial charge >= 0.3 is 29.6 Å². The maximum atomic E-state index is 12.9. The van der Waals surface area contributed by atoms with Crippen molar-refractivity contribution in [3.05, 3.63) is 24.0 Å². The van der Waals surface area contributed by atoms with Crippen LogP contribution in [0.3, 0.4) is 0 Å². The Balaban J connectivity index is 0.00000196. The third-order valence-electron chi connectivity index (χ3n) is 1.49. The van der Waals surface area contributed by atoms with Crippen molar-refractivity contribution in [1.29, 1.82) is 0 Å². The molecule has 0 aliphatic rings. The molecule has 1 atom stereocenters. The summed E-state index contributed by atoms with van der Waals surface area (Å²) in [4.78, 5) is -0.869. The molecule has 0 radical (unpaired) electrons. The predicted octanol–water partition coefficient (Wildman–Crippen LogP) is -2.53. The fraction of sp³-hybridized carbons (Fsp3) is 0.143. The van der Waals surface area contributed by atoms with E-state index in [0.717, 1.165) is 24.5 Å². The standard InChI is InChI=1S/C7H7FO4S2.Na/c1-14(11,12)7-4-5(13(9)10)2-3-6(7)8;/h2-4H,1H3,(H,9,10);/q;+1/p-1. The molecule has 1 rings (SSSR count). The van der Waals surface area contributed by atoms with Gasteiger partial charge in [-0.2, -0.15) is 0 Å². The average Bonchev–Trinajstić information content (AvgIpc) is 2.02. The van der Waals surface area contributed by atoms with Crippen LogP contribution in [0.5, 0.6) is 0 Å². The largest absolute Gasteiger partial charge is 1.00 e. The van der Waals surface area contributed by atoms with Crippen LogP contribution in [-0.4, -0.2) is 23.4 Å². The average molecular weight is 260 g/mol. The quantitative estimate of drug-likeness (QED) is 0.434. The Morgan fingerprint density at radius 2 is 1.93 bits per heavy atom. The van der Waals surface area contributed by atoms with Crippen molar-refractivity contribution in [2.45, 2.75) is 9.79 Å². The summed E-state index contributed by atoms with van der Waals surface area (Å²) in [7, 11) is -3.74. The van der Waals surface area contributed by atoms with E-state index in [1.165, 1.54) is 0 Å². The van der Waals surface area contributed by atoms with E-state index in [1.807, 2.05) is 0 Å². The van der Waals surface area contributed by atoms with Crippen LogP contribution in [0.15, 0.2) is 28.0 Å². The van der Waals surface area contributed by atoms with Gasteiger partial charge in [0.05, 0.1) is 0 Å². The molecule has 0 spiro atoms. The Kier molecular flexibility index (Phi) is 5.59. The van der Waals surface area contributed by atoms with Crippen LogP contribution in [0.2, 0.25) is 0 Å². The summed E-state index contributed by atoms with van der Waals surface area (Å²) < 4.78 is 55.9. The molecule has 4 nitrogen and oxygen atoms in total. The van der Waals surface area contributed by atoms with E-state index in [1.54, 1.807) is 0 Å². The number of benzene rings is 1. The van der Waals surface area contributed by atoms with Crippen LogP contribution in [-0.2, 0) is 20.9 Å². The number of hydrogen-bond donors (Lipinski definition) is 0. The molecule has 15 heavy (non-hydrogen) atoms. The van der Waals surface area contributed by atoms with E-state index < -0.39 is 31.6 Å². The maximum Gasteiger partial charge on any atom is 1.00 e. The van der Waals surface area contributed by atoms with Gasteiger partial charge in [-0.05, 0) is 29.3 Å². The Morgan fingerprint density at radius 3 is 2.33 bits per heavy atom. The first-order chi connectivity index (χ1) is 6.32. The van der Waals surface area contributed by atoms with Crippen molar-refractivity contribution in [2.75, 3.05) is 6.26 Å². The van der Waals surface area contributed by atoms with Gasteiger partial charge < -0.3 is 4.55 Å². The van der Waals surface area contributed by atoms with E-state index in [-0.39, 0.29) is 34.5 Å². The van der Waals surface area contributed by atoms with Crippen LogP contribution < -0.4 is 29.6 Å². The summed E-state index contributed by atoms with van der Waals surface area (Å²) in [6.07, 6.45) is 0.808. The van der Waals surface area contributed by atoms with Gasteiger partial charge in [-0.25, -0.2) is 12.8 Å². The third kappa shape index (κ3) is 3.93. The minimum Gasteiger partial charge on any atom is -0.768 e. The van der Waals surface area contributed by atoms with Gasteiger partial charge in [-0.3, -0.25) is 4.21 Å². The smallest absolute Gasteiger partial charge is 0.768 e. The Labute approximate surface area is 111 Å². The molecule has 1 unspecified atom stereocenters.